The molecule has 2 aromatic rings. The maximum absolute atomic E-state index is 12.6. The molecule has 0 aromatic heterocycles. The van der Waals surface area contributed by atoms with E-state index in [1.807, 2.05) is 19.1 Å². The molecule has 1 heterocycles. The van der Waals surface area contributed by atoms with E-state index < -0.39 is 5.97 Å². The number of carbonyl (C=O) groups excluding carboxylic acids is 2. The van der Waals surface area contributed by atoms with Crippen molar-refractivity contribution in [2.75, 3.05) is 49.5 Å². The summed E-state index contributed by atoms with van der Waals surface area (Å²) in [5, 5.41) is 15.4. The number of piperazine rings is 1. The lowest BCUT2D eigenvalue weighted by molar-refractivity contribution is -0.122. The van der Waals surface area contributed by atoms with Crippen molar-refractivity contribution in [2.45, 2.75) is 20.8 Å². The van der Waals surface area contributed by atoms with Crippen LogP contribution in [0.4, 0.5) is 11.4 Å². The van der Waals surface area contributed by atoms with E-state index in [0.717, 1.165) is 11.3 Å². The first-order chi connectivity index (χ1) is 15.7. The van der Waals surface area contributed by atoms with Crippen LogP contribution in [0.15, 0.2) is 42.5 Å². The minimum atomic E-state index is -1.10. The Bertz CT molecular complexity index is 1010. The quantitative estimate of drug-likeness (QED) is 0.569. The molecule has 1 saturated heterocycles. The molecule has 1 aliphatic rings. The van der Waals surface area contributed by atoms with Gasteiger partial charge in [0.25, 0.3) is 5.91 Å². The summed E-state index contributed by atoms with van der Waals surface area (Å²) < 4.78 is 0. The van der Waals surface area contributed by atoms with Crippen molar-refractivity contribution in [1.29, 1.82) is 0 Å². The summed E-state index contributed by atoms with van der Waals surface area (Å²) in [7, 11) is 0. The van der Waals surface area contributed by atoms with Crippen molar-refractivity contribution in [3.8, 4) is 0 Å². The van der Waals surface area contributed by atoms with Gasteiger partial charge in [0.1, 0.15) is 0 Å². The van der Waals surface area contributed by atoms with Crippen molar-refractivity contribution in [3.05, 3.63) is 59.2 Å². The molecule has 0 saturated carbocycles. The number of benzene rings is 2. The first kappa shape index (κ1) is 24.3. The van der Waals surface area contributed by atoms with E-state index in [4.69, 9.17) is 0 Å². The zero-order valence-electron chi connectivity index (χ0n) is 19.4. The SMILES string of the molecule is Cc1cccc(C(=O)Nc2ccc(N3CCN(CC(=O)NCC(C)C)CC3)cc2C(=O)O)c1. The predicted octanol–water partition coefficient (Wildman–Crippen LogP) is 2.84. The molecule has 2 amide bonds. The van der Waals surface area contributed by atoms with Crippen LogP contribution >= 0.6 is 0 Å². The summed E-state index contributed by atoms with van der Waals surface area (Å²) in [5.74, 6) is -1.01. The highest BCUT2D eigenvalue weighted by atomic mass is 16.4. The molecule has 2 aromatic carbocycles. The third-order valence-corrected chi connectivity index (χ3v) is 5.57. The lowest BCUT2D eigenvalue weighted by Gasteiger charge is -2.36. The van der Waals surface area contributed by atoms with Gasteiger partial charge in [-0.05, 0) is 43.2 Å². The summed E-state index contributed by atoms with van der Waals surface area (Å²) in [6.07, 6.45) is 0. The number of amides is 2. The molecule has 0 spiro atoms. The van der Waals surface area contributed by atoms with Crippen LogP contribution in [0.3, 0.4) is 0 Å². The lowest BCUT2D eigenvalue weighted by Crippen LogP contribution is -2.49. The Morgan fingerprint density at radius 3 is 2.39 bits per heavy atom. The number of hydrogen-bond donors (Lipinski definition) is 3. The Kier molecular flexibility index (Phi) is 8.06. The van der Waals surface area contributed by atoms with Crippen LogP contribution < -0.4 is 15.5 Å². The Morgan fingerprint density at radius 1 is 1.03 bits per heavy atom. The van der Waals surface area contributed by atoms with Crippen LogP contribution in [-0.2, 0) is 4.79 Å². The highest BCUT2D eigenvalue weighted by molar-refractivity contribution is 6.08. The van der Waals surface area contributed by atoms with E-state index in [2.05, 4.69) is 34.3 Å². The standard InChI is InChI=1S/C25H32N4O4/c1-17(2)15-26-23(30)16-28-9-11-29(12-10-28)20-7-8-22(21(14-20)25(32)33)27-24(31)19-6-4-5-18(3)13-19/h4-8,13-14,17H,9-12,15-16H2,1-3H3,(H,26,30)(H,27,31)(H,32,33). The summed E-state index contributed by atoms with van der Waals surface area (Å²) in [6, 6.07) is 12.2. The molecule has 0 aliphatic carbocycles. The number of rotatable bonds is 8. The third-order valence-electron chi connectivity index (χ3n) is 5.57. The van der Waals surface area contributed by atoms with Gasteiger partial charge in [0.05, 0.1) is 17.8 Å². The second kappa shape index (κ2) is 11.0. The Hall–Kier alpha value is -3.39. The molecule has 0 unspecified atom stereocenters. The number of aromatic carboxylic acids is 1. The van der Waals surface area contributed by atoms with Gasteiger partial charge in [0.2, 0.25) is 5.91 Å². The van der Waals surface area contributed by atoms with Crippen molar-refractivity contribution in [1.82, 2.24) is 10.2 Å². The highest BCUT2D eigenvalue weighted by Gasteiger charge is 2.21. The van der Waals surface area contributed by atoms with Crippen LogP contribution in [0.5, 0.6) is 0 Å². The molecule has 0 atom stereocenters. The van der Waals surface area contributed by atoms with Gasteiger partial charge >= 0.3 is 5.97 Å². The maximum Gasteiger partial charge on any atom is 0.337 e. The Balaban J connectivity index is 1.63. The summed E-state index contributed by atoms with van der Waals surface area (Å²) in [6.45, 7) is 9.84. The second-order valence-corrected chi connectivity index (χ2v) is 8.82. The van der Waals surface area contributed by atoms with Gasteiger partial charge in [-0.2, -0.15) is 0 Å². The van der Waals surface area contributed by atoms with Crippen LogP contribution in [-0.4, -0.2) is 67.1 Å². The molecule has 0 bridgehead atoms. The largest absolute Gasteiger partial charge is 0.478 e. The van der Waals surface area contributed by atoms with Crippen molar-refractivity contribution in [3.63, 3.8) is 0 Å². The van der Waals surface area contributed by atoms with Gasteiger partial charge in [-0.25, -0.2) is 4.79 Å². The van der Waals surface area contributed by atoms with Crippen molar-refractivity contribution < 1.29 is 19.5 Å². The lowest BCUT2D eigenvalue weighted by atomic mass is 10.1. The van der Waals surface area contributed by atoms with Crippen LogP contribution in [0.2, 0.25) is 0 Å². The number of nitrogens with one attached hydrogen (secondary N) is 2. The maximum atomic E-state index is 12.6. The number of nitrogens with zero attached hydrogens (tertiary/aromatic N) is 2. The molecule has 8 nitrogen and oxygen atoms in total. The molecule has 176 valence electrons. The average molecular weight is 453 g/mol. The summed E-state index contributed by atoms with van der Waals surface area (Å²) in [5.41, 5.74) is 2.52. The minimum absolute atomic E-state index is 0.0269. The molecule has 8 heteroatoms. The van der Waals surface area contributed by atoms with E-state index in [0.29, 0.717) is 50.7 Å². The van der Waals surface area contributed by atoms with Gasteiger partial charge in [-0.15, -0.1) is 0 Å². The van der Waals surface area contributed by atoms with E-state index >= 15 is 0 Å². The second-order valence-electron chi connectivity index (χ2n) is 8.82. The molecule has 1 fully saturated rings. The smallest absolute Gasteiger partial charge is 0.337 e. The number of aryl methyl sites for hydroxylation is 1. The molecule has 3 N–H and O–H groups in total. The van der Waals surface area contributed by atoms with Gasteiger partial charge < -0.3 is 20.6 Å². The fraction of sp³-hybridized carbons (Fsp3) is 0.400. The summed E-state index contributed by atoms with van der Waals surface area (Å²) in [4.78, 5) is 40.7. The number of hydrogen-bond acceptors (Lipinski definition) is 5. The number of carbonyl (C=O) groups is 3. The van der Waals surface area contributed by atoms with Crippen molar-refractivity contribution >= 4 is 29.2 Å². The predicted molar refractivity (Wildman–Crippen MR) is 129 cm³/mol. The van der Waals surface area contributed by atoms with Crippen LogP contribution in [0.25, 0.3) is 0 Å². The third kappa shape index (κ3) is 6.79. The molecule has 1 aliphatic heterocycles. The molecular formula is C25H32N4O4. The van der Waals surface area contributed by atoms with Gasteiger partial charge in [0.15, 0.2) is 0 Å². The number of carboxylic acid groups (broad SMARTS) is 1. The number of carboxylic acids is 1. The van der Waals surface area contributed by atoms with Crippen LogP contribution in [0.1, 0.15) is 40.1 Å². The van der Waals surface area contributed by atoms with E-state index in [-0.39, 0.29) is 23.1 Å². The van der Waals surface area contributed by atoms with Crippen molar-refractivity contribution in [2.24, 2.45) is 5.92 Å². The van der Waals surface area contributed by atoms with E-state index in [9.17, 15) is 19.5 Å². The van der Waals surface area contributed by atoms with E-state index in [1.54, 1.807) is 30.3 Å². The fourth-order valence-corrected chi connectivity index (χ4v) is 3.74. The fourth-order valence-electron chi connectivity index (χ4n) is 3.74. The molecule has 3 rings (SSSR count). The molecule has 33 heavy (non-hydrogen) atoms. The highest BCUT2D eigenvalue weighted by Crippen LogP contribution is 2.25. The van der Waals surface area contributed by atoms with Gasteiger partial charge in [-0.3, -0.25) is 14.5 Å². The zero-order chi connectivity index (χ0) is 24.0. The van der Waals surface area contributed by atoms with Gasteiger partial charge in [0, 0.05) is 44.0 Å². The number of anilines is 2. The first-order valence-corrected chi connectivity index (χ1v) is 11.2. The Labute approximate surface area is 194 Å². The monoisotopic (exact) mass is 452 g/mol. The molecule has 0 radical (unpaired) electrons. The molecular weight excluding hydrogens is 420 g/mol. The van der Waals surface area contributed by atoms with Crippen LogP contribution in [0, 0.1) is 12.8 Å². The minimum Gasteiger partial charge on any atom is -0.478 e. The van der Waals surface area contributed by atoms with E-state index in [1.165, 1.54) is 0 Å². The zero-order valence-corrected chi connectivity index (χ0v) is 19.4. The van der Waals surface area contributed by atoms with Gasteiger partial charge in [-0.1, -0.05) is 31.5 Å². The summed E-state index contributed by atoms with van der Waals surface area (Å²) >= 11 is 0. The topological polar surface area (TPSA) is 102 Å². The normalized spacial score (nSPS) is 14.2. The average Bonchev–Trinajstić information content (AvgIpc) is 2.78. The first-order valence-electron chi connectivity index (χ1n) is 11.2. The Morgan fingerprint density at radius 2 is 1.76 bits per heavy atom.